The summed E-state index contributed by atoms with van der Waals surface area (Å²) in [5, 5.41) is 3.98. The summed E-state index contributed by atoms with van der Waals surface area (Å²) >= 11 is 6.17. The van der Waals surface area contributed by atoms with Crippen molar-refractivity contribution in [2.75, 3.05) is 5.73 Å². The second kappa shape index (κ2) is 7.37. The zero-order chi connectivity index (χ0) is 18.8. The molecule has 134 valence electrons. The Hall–Kier alpha value is -2.54. The van der Waals surface area contributed by atoms with Gasteiger partial charge in [-0.3, -0.25) is 0 Å². The Morgan fingerprint density at radius 3 is 2.81 bits per heavy atom. The Labute approximate surface area is 157 Å². The highest BCUT2D eigenvalue weighted by molar-refractivity contribution is 6.59. The minimum atomic E-state index is -0.627. The Kier molecular flexibility index (Phi) is 5.18. The number of esters is 1. The van der Waals surface area contributed by atoms with Crippen molar-refractivity contribution in [3.05, 3.63) is 57.4 Å². The van der Waals surface area contributed by atoms with Gasteiger partial charge in [-0.2, -0.15) is 0 Å². The number of carbonyl (C=O) groups excluding carboxylic acids is 1. The number of aryl methyl sites for hydroxylation is 2. The Morgan fingerprint density at radius 2 is 2.15 bits per heavy atom. The van der Waals surface area contributed by atoms with Crippen LogP contribution in [0, 0.1) is 13.8 Å². The number of rotatable bonds is 4. The zero-order valence-corrected chi connectivity index (χ0v) is 15.6. The summed E-state index contributed by atoms with van der Waals surface area (Å²) in [6.07, 6.45) is 0.214. The maximum atomic E-state index is 12.5. The molecule has 1 unspecified atom stereocenters. The summed E-state index contributed by atoms with van der Waals surface area (Å²) in [4.78, 5) is 22.1. The smallest absolute Gasteiger partial charge is 0.358 e. The molecule has 0 aliphatic carbocycles. The molecule has 0 spiro atoms. The first kappa shape index (κ1) is 18.3. The van der Waals surface area contributed by atoms with Crippen LogP contribution in [0.2, 0.25) is 5.02 Å². The second-order valence-corrected chi connectivity index (χ2v) is 6.80. The van der Waals surface area contributed by atoms with Gasteiger partial charge >= 0.3 is 5.97 Å². The van der Waals surface area contributed by atoms with Crippen molar-refractivity contribution in [3.8, 4) is 0 Å². The van der Waals surface area contributed by atoms with Crippen molar-refractivity contribution in [1.29, 1.82) is 0 Å². The first-order chi connectivity index (χ1) is 12.3. The van der Waals surface area contributed by atoms with Gasteiger partial charge in [0.25, 0.3) is 0 Å². The highest BCUT2D eigenvalue weighted by Gasteiger charge is 2.26. The van der Waals surface area contributed by atoms with Crippen LogP contribution in [-0.2, 0) is 16.2 Å². The topological polar surface area (TPSA) is 86.8 Å². The molecule has 1 aliphatic heterocycles. The maximum Gasteiger partial charge on any atom is 0.358 e. The number of ether oxygens (including phenoxy) is 1. The van der Waals surface area contributed by atoms with E-state index >= 15 is 0 Å². The van der Waals surface area contributed by atoms with Crippen molar-refractivity contribution < 1.29 is 14.4 Å². The standard InChI is InChI=1S/C18H19BClN3O3/c1-9-3-4-11(5-10(9)2)8-25-18(24)17-16(20)12(21)6-13(22-17)14-7-15(19)23-26-14/h3-6,14H,7-8,19H2,1-2H3,(H2,21,22). The third kappa shape index (κ3) is 3.83. The fourth-order valence-electron chi connectivity index (χ4n) is 2.64. The molecule has 0 saturated heterocycles. The fourth-order valence-corrected chi connectivity index (χ4v) is 2.81. The van der Waals surface area contributed by atoms with Crippen molar-refractivity contribution >= 4 is 36.7 Å². The maximum absolute atomic E-state index is 12.5. The number of nitrogens with zero attached hydrogens (tertiary/aromatic N) is 2. The van der Waals surface area contributed by atoms with E-state index in [0.717, 1.165) is 16.7 Å². The molecule has 1 aromatic heterocycles. The van der Waals surface area contributed by atoms with E-state index in [1.54, 1.807) is 6.07 Å². The summed E-state index contributed by atoms with van der Waals surface area (Å²) in [7, 11) is 1.86. The number of halogens is 1. The molecule has 0 fully saturated rings. The predicted molar refractivity (Wildman–Crippen MR) is 103 cm³/mol. The van der Waals surface area contributed by atoms with Gasteiger partial charge in [0.1, 0.15) is 6.61 Å². The van der Waals surface area contributed by atoms with E-state index in [4.69, 9.17) is 26.9 Å². The molecule has 0 radical (unpaired) electrons. The summed E-state index contributed by atoms with van der Waals surface area (Å²) in [6.45, 7) is 4.17. The van der Waals surface area contributed by atoms with E-state index in [1.165, 1.54) is 5.56 Å². The van der Waals surface area contributed by atoms with E-state index in [-0.39, 0.29) is 29.1 Å². The van der Waals surface area contributed by atoms with Crippen molar-refractivity contribution in [1.82, 2.24) is 4.98 Å². The summed E-state index contributed by atoms with van der Waals surface area (Å²) in [5.74, 6) is -0.627. The monoisotopic (exact) mass is 371 g/mol. The molecule has 1 aliphatic rings. The van der Waals surface area contributed by atoms with Crippen LogP contribution in [0.5, 0.6) is 0 Å². The van der Waals surface area contributed by atoms with Gasteiger partial charge < -0.3 is 15.3 Å². The second-order valence-electron chi connectivity index (χ2n) is 6.42. The number of carbonyl (C=O) groups is 1. The molecule has 1 aromatic carbocycles. The van der Waals surface area contributed by atoms with Gasteiger partial charge in [0, 0.05) is 12.0 Å². The number of hydrogen-bond acceptors (Lipinski definition) is 6. The molecule has 26 heavy (non-hydrogen) atoms. The van der Waals surface area contributed by atoms with Gasteiger partial charge in [-0.05, 0) is 36.6 Å². The van der Waals surface area contributed by atoms with Gasteiger partial charge in [0.2, 0.25) is 0 Å². The minimum absolute atomic E-state index is 0.0151. The molecular weight excluding hydrogens is 352 g/mol. The van der Waals surface area contributed by atoms with Crippen LogP contribution >= 0.6 is 11.6 Å². The van der Waals surface area contributed by atoms with Crippen LogP contribution in [0.4, 0.5) is 5.69 Å². The van der Waals surface area contributed by atoms with E-state index in [0.29, 0.717) is 12.1 Å². The molecule has 0 amide bonds. The normalized spacial score (nSPS) is 16.1. The van der Waals surface area contributed by atoms with Crippen molar-refractivity contribution in [3.63, 3.8) is 0 Å². The van der Waals surface area contributed by atoms with E-state index < -0.39 is 5.97 Å². The average molecular weight is 372 g/mol. The van der Waals surface area contributed by atoms with Crippen LogP contribution in [0.25, 0.3) is 0 Å². The molecule has 0 saturated carbocycles. The van der Waals surface area contributed by atoms with Crippen molar-refractivity contribution in [2.45, 2.75) is 33.0 Å². The lowest BCUT2D eigenvalue weighted by molar-refractivity contribution is 0.0462. The van der Waals surface area contributed by atoms with Gasteiger partial charge in [-0.25, -0.2) is 9.78 Å². The first-order valence-corrected chi connectivity index (χ1v) is 8.61. The molecule has 6 nitrogen and oxygen atoms in total. The third-order valence-corrected chi connectivity index (χ3v) is 4.68. The molecule has 2 heterocycles. The van der Waals surface area contributed by atoms with Gasteiger partial charge in [-0.15, -0.1) is 5.16 Å². The molecule has 2 N–H and O–H groups in total. The molecule has 2 aromatic rings. The first-order valence-electron chi connectivity index (χ1n) is 8.23. The van der Waals surface area contributed by atoms with Crippen molar-refractivity contribution in [2.24, 2.45) is 5.16 Å². The average Bonchev–Trinajstić information content (AvgIpc) is 3.04. The van der Waals surface area contributed by atoms with Crippen LogP contribution in [0.3, 0.4) is 0 Å². The summed E-state index contributed by atoms with van der Waals surface area (Å²) in [6, 6.07) is 7.49. The van der Waals surface area contributed by atoms with E-state index in [2.05, 4.69) is 10.1 Å². The SMILES string of the molecule is BC1=NOC(c2cc(N)c(Cl)c(C(=O)OCc3ccc(C)c(C)c3)n2)C1. The molecular formula is C18H19BClN3O3. The number of oxime groups is 1. The summed E-state index contributed by atoms with van der Waals surface area (Å²) in [5.41, 5.74) is 10.7. The number of nitrogens with two attached hydrogens (primary N) is 1. The molecule has 1 atom stereocenters. The number of pyridine rings is 1. The van der Waals surface area contributed by atoms with Gasteiger partial charge in [-0.1, -0.05) is 29.8 Å². The Bertz CT molecular complexity index is 901. The highest BCUT2D eigenvalue weighted by Crippen LogP contribution is 2.31. The number of aromatic nitrogens is 1. The fraction of sp³-hybridized carbons (Fsp3) is 0.278. The van der Waals surface area contributed by atoms with Crippen LogP contribution in [-0.4, -0.2) is 24.4 Å². The molecule has 0 bridgehead atoms. The van der Waals surface area contributed by atoms with Crippen LogP contribution in [0.1, 0.15) is 45.4 Å². The quantitative estimate of drug-likeness (QED) is 0.659. The number of nitrogen functional groups attached to an aromatic ring is 1. The van der Waals surface area contributed by atoms with Gasteiger partial charge in [0.15, 0.2) is 19.6 Å². The molecule has 8 heteroatoms. The number of anilines is 1. The number of hydrogen-bond donors (Lipinski definition) is 1. The van der Waals surface area contributed by atoms with Gasteiger partial charge in [0.05, 0.1) is 16.4 Å². The number of benzene rings is 1. The predicted octanol–water partition coefficient (Wildman–Crippen LogP) is 2.70. The lowest BCUT2D eigenvalue weighted by Crippen LogP contribution is -2.13. The highest BCUT2D eigenvalue weighted by atomic mass is 35.5. The van der Waals surface area contributed by atoms with Crippen LogP contribution < -0.4 is 5.73 Å². The minimum Gasteiger partial charge on any atom is -0.456 e. The Balaban J connectivity index is 1.77. The van der Waals surface area contributed by atoms with E-state index in [1.807, 2.05) is 39.9 Å². The Morgan fingerprint density at radius 1 is 1.38 bits per heavy atom. The third-order valence-electron chi connectivity index (χ3n) is 4.29. The zero-order valence-electron chi connectivity index (χ0n) is 14.9. The van der Waals surface area contributed by atoms with E-state index in [9.17, 15) is 4.79 Å². The largest absolute Gasteiger partial charge is 0.456 e. The summed E-state index contributed by atoms with van der Waals surface area (Å²) < 4.78 is 5.37. The lowest BCUT2D eigenvalue weighted by atomic mass is 9.95. The molecule has 3 rings (SSSR count). The lowest BCUT2D eigenvalue weighted by Gasteiger charge is -2.13. The van der Waals surface area contributed by atoms with Crippen LogP contribution in [0.15, 0.2) is 29.4 Å².